The fourth-order valence-electron chi connectivity index (χ4n) is 0.264. The largest absolute Gasteiger partial charge is 0.592 e. The lowest BCUT2D eigenvalue weighted by Crippen LogP contribution is -1.68. The zero-order valence-electron chi connectivity index (χ0n) is 2.85. The molecule has 28 valence electrons. The summed E-state index contributed by atoms with van der Waals surface area (Å²) in [4.78, 5) is 0. The first-order valence-corrected chi connectivity index (χ1v) is 1.57. The minimum Gasteiger partial charge on any atom is -0.592 e. The van der Waals surface area contributed by atoms with Gasteiger partial charge >= 0.3 is 0 Å². The molecule has 0 atom stereocenters. The van der Waals surface area contributed by atoms with Gasteiger partial charge in [-0.1, -0.05) is 0 Å². The van der Waals surface area contributed by atoms with Gasteiger partial charge in [-0.15, -0.1) is 0 Å². The maximum absolute atomic E-state index is 4.65. The van der Waals surface area contributed by atoms with Crippen LogP contribution in [0.2, 0.25) is 0 Å². The molecule has 2 nitrogen and oxygen atoms in total. The van der Waals surface area contributed by atoms with E-state index in [9.17, 15) is 0 Å². The fourth-order valence-corrected chi connectivity index (χ4v) is 0.264. The van der Waals surface area contributed by atoms with Gasteiger partial charge in [-0.05, 0) is 0 Å². The van der Waals surface area contributed by atoms with Gasteiger partial charge < -0.3 is 5.32 Å². The molecule has 1 fully saturated rings. The van der Waals surface area contributed by atoms with Gasteiger partial charge in [-0.2, -0.15) is 0 Å². The van der Waals surface area contributed by atoms with E-state index in [2.05, 4.69) is 10.1 Å². The van der Waals surface area contributed by atoms with E-state index in [-0.39, 0.29) is 0 Å². The Kier molecular flexibility index (Phi) is 0.771. The summed E-state index contributed by atoms with van der Waals surface area (Å²) in [6.07, 6.45) is 0. The molecule has 0 spiro atoms. The van der Waals surface area contributed by atoms with Crippen molar-refractivity contribution in [1.82, 2.24) is 0 Å². The summed E-state index contributed by atoms with van der Waals surface area (Å²) in [7, 11) is 0. The van der Waals surface area contributed by atoms with E-state index in [0.29, 0.717) is 6.73 Å². The first kappa shape index (κ1) is 3.00. The van der Waals surface area contributed by atoms with Gasteiger partial charge in [0, 0.05) is 13.3 Å². The van der Waals surface area contributed by atoms with Crippen LogP contribution in [0.1, 0.15) is 0 Å². The smallest absolute Gasteiger partial charge is 0.204 e. The fraction of sp³-hybridized carbons (Fsp3) is 0.667. The molecule has 0 aromatic rings. The van der Waals surface area contributed by atoms with Crippen LogP contribution in [0, 0.1) is 6.61 Å². The van der Waals surface area contributed by atoms with Crippen LogP contribution in [-0.4, -0.2) is 13.3 Å². The van der Waals surface area contributed by atoms with Crippen molar-refractivity contribution >= 4 is 0 Å². The Morgan fingerprint density at radius 1 is 1.80 bits per heavy atom. The zero-order chi connectivity index (χ0) is 3.54. The van der Waals surface area contributed by atoms with Crippen molar-refractivity contribution < 1.29 is 4.74 Å². The van der Waals surface area contributed by atoms with E-state index in [1.54, 1.807) is 6.61 Å². The van der Waals surface area contributed by atoms with Crippen molar-refractivity contribution in [2.24, 2.45) is 0 Å². The van der Waals surface area contributed by atoms with E-state index in [1.165, 1.54) is 0 Å². The van der Waals surface area contributed by atoms with Crippen molar-refractivity contribution in [2.75, 3.05) is 13.3 Å². The molecule has 1 aliphatic heterocycles. The molecule has 0 unspecified atom stereocenters. The first-order chi connectivity index (χ1) is 2.50. The van der Waals surface area contributed by atoms with E-state index in [1.807, 2.05) is 0 Å². The third-order valence-corrected chi connectivity index (χ3v) is 0.487. The third kappa shape index (κ3) is 0.529. The summed E-state index contributed by atoms with van der Waals surface area (Å²) >= 11 is 0. The molecule has 0 saturated carbocycles. The predicted molar refractivity (Wildman–Crippen MR) is 18.5 cm³/mol. The van der Waals surface area contributed by atoms with Crippen LogP contribution < -0.4 is 0 Å². The second-order valence-electron chi connectivity index (χ2n) is 0.869. The highest BCUT2D eigenvalue weighted by molar-refractivity contribution is 4.85. The Morgan fingerprint density at radius 3 is 3.00 bits per heavy atom. The van der Waals surface area contributed by atoms with Gasteiger partial charge in [0.05, 0.1) is 0 Å². The van der Waals surface area contributed by atoms with Gasteiger partial charge in [0.1, 0.15) is 0 Å². The van der Waals surface area contributed by atoms with Crippen LogP contribution in [0.4, 0.5) is 0 Å². The Hall–Kier alpha value is -0.210. The molecule has 0 radical (unpaired) electrons. The topological polar surface area (TPSA) is 23.3 Å². The van der Waals surface area contributed by atoms with Gasteiger partial charge in [0.2, 0.25) is 6.61 Å². The van der Waals surface area contributed by atoms with Crippen LogP contribution in [-0.2, 0) is 4.74 Å². The lowest BCUT2D eigenvalue weighted by atomic mass is 10.7. The second kappa shape index (κ2) is 1.29. The van der Waals surface area contributed by atoms with Crippen molar-refractivity contribution in [1.29, 1.82) is 0 Å². The lowest BCUT2D eigenvalue weighted by molar-refractivity contribution is 0.267. The highest BCUT2D eigenvalue weighted by Crippen LogP contribution is 1.99. The number of rotatable bonds is 0. The Bertz CT molecular complexity index is 18.5. The summed E-state index contributed by atoms with van der Waals surface area (Å²) < 4.78 is 4.65. The summed E-state index contributed by atoms with van der Waals surface area (Å²) in [5, 5.41) is 3.81. The first-order valence-electron chi connectivity index (χ1n) is 1.57. The molecule has 1 rings (SSSR count). The standard InChI is InChI=1S/C3H5NO/c1-2-5-3-4-1/h2H,1,3H2. The Labute approximate surface area is 31.1 Å². The molecule has 0 aromatic carbocycles. The summed E-state index contributed by atoms with van der Waals surface area (Å²) in [6.45, 7) is 3.04. The van der Waals surface area contributed by atoms with Crippen LogP contribution in [0.15, 0.2) is 0 Å². The quantitative estimate of drug-likeness (QED) is 0.381. The van der Waals surface area contributed by atoms with E-state index in [4.69, 9.17) is 0 Å². The Balaban J connectivity index is 2.08. The van der Waals surface area contributed by atoms with E-state index in [0.717, 1.165) is 6.54 Å². The minimum atomic E-state index is 0.569. The summed E-state index contributed by atoms with van der Waals surface area (Å²) in [5.41, 5.74) is 0. The molecule has 1 aliphatic rings. The molecule has 0 N–H and O–H groups in total. The van der Waals surface area contributed by atoms with Crippen LogP contribution in [0.5, 0.6) is 0 Å². The highest BCUT2D eigenvalue weighted by atomic mass is 16.5. The maximum atomic E-state index is 4.65. The van der Waals surface area contributed by atoms with Crippen LogP contribution >= 0.6 is 0 Å². The third-order valence-electron chi connectivity index (χ3n) is 0.487. The van der Waals surface area contributed by atoms with E-state index >= 15 is 0 Å². The van der Waals surface area contributed by atoms with Crippen molar-refractivity contribution in [3.63, 3.8) is 0 Å². The molecule has 2 heteroatoms. The van der Waals surface area contributed by atoms with Crippen LogP contribution in [0.25, 0.3) is 5.32 Å². The second-order valence-corrected chi connectivity index (χ2v) is 0.869. The monoisotopic (exact) mass is 71.0 g/mol. The molecule has 5 heavy (non-hydrogen) atoms. The molecule has 1 heterocycles. The van der Waals surface area contributed by atoms with Crippen molar-refractivity contribution in [2.45, 2.75) is 0 Å². The average molecular weight is 71.1 g/mol. The number of nitrogens with zero attached hydrogens (tertiary/aromatic N) is 1. The lowest BCUT2D eigenvalue weighted by Gasteiger charge is -1.89. The van der Waals surface area contributed by atoms with Gasteiger partial charge in [-0.3, -0.25) is 0 Å². The molecule has 0 bridgehead atoms. The summed E-state index contributed by atoms with van der Waals surface area (Å²) in [5.74, 6) is 0. The zero-order valence-corrected chi connectivity index (χ0v) is 2.85. The van der Waals surface area contributed by atoms with Crippen molar-refractivity contribution in [3.05, 3.63) is 11.9 Å². The SMILES string of the molecule is [CH+]1C[N-]CO1. The molecular weight excluding hydrogens is 66.0 g/mol. The normalized spacial score (nSPS) is 22.4. The van der Waals surface area contributed by atoms with Gasteiger partial charge in [0.25, 0.3) is 0 Å². The van der Waals surface area contributed by atoms with E-state index < -0.39 is 0 Å². The van der Waals surface area contributed by atoms with Gasteiger partial charge in [0.15, 0.2) is 0 Å². The molecular formula is C3H5NO. The Morgan fingerprint density at radius 2 is 2.80 bits per heavy atom. The van der Waals surface area contributed by atoms with Crippen LogP contribution in [0.3, 0.4) is 0 Å². The average Bonchev–Trinajstić information content (AvgIpc) is 1.76. The molecule has 0 aliphatic carbocycles. The van der Waals surface area contributed by atoms with Gasteiger partial charge in [-0.25, -0.2) is 4.74 Å². The molecule has 0 aromatic heterocycles. The molecule has 0 amide bonds. The highest BCUT2D eigenvalue weighted by Gasteiger charge is 1.92. The number of ether oxygens (including phenoxy) is 1. The predicted octanol–water partition coefficient (Wildman–Crippen LogP) is 0.510. The number of hydrogen-bond acceptors (Lipinski definition) is 1. The van der Waals surface area contributed by atoms with Crippen molar-refractivity contribution in [3.8, 4) is 0 Å². The molecule has 1 saturated heterocycles. The maximum Gasteiger partial charge on any atom is 0.204 e. The minimum absolute atomic E-state index is 0.569. The number of hydrogen-bond donors (Lipinski definition) is 0. The summed E-state index contributed by atoms with van der Waals surface area (Å²) in [6, 6.07) is 0.